The highest BCUT2D eigenvalue weighted by atomic mass is 32.2. The van der Waals surface area contributed by atoms with E-state index in [0.717, 1.165) is 0 Å². The van der Waals surface area contributed by atoms with Crippen LogP contribution < -0.4 is 10.5 Å². The molecule has 1 aromatic rings. The molecule has 0 heterocycles. The molecule has 0 unspecified atom stereocenters. The smallest absolute Gasteiger partial charge is 0.344 e. The molecule has 0 aliphatic heterocycles. The number of rotatable bonds is 8. The Kier molecular flexibility index (Phi) is 7.04. The van der Waals surface area contributed by atoms with Crippen molar-refractivity contribution in [3.63, 3.8) is 0 Å². The number of ether oxygens (including phenoxy) is 2. The summed E-state index contributed by atoms with van der Waals surface area (Å²) in [5.41, 5.74) is 5.46. The molecule has 0 aliphatic rings. The number of aromatic hydroxyl groups is 1. The van der Waals surface area contributed by atoms with E-state index in [1.165, 1.54) is 17.8 Å². The molecule has 1 rings (SSSR count). The minimum Gasteiger partial charge on any atom is -0.506 e. The first-order valence-electron chi connectivity index (χ1n) is 6.55. The quantitative estimate of drug-likeness (QED) is 0.427. The fourth-order valence-corrected chi connectivity index (χ4v) is 2.43. The number of esters is 1. The zero-order chi connectivity index (χ0) is 15.8. The maximum Gasteiger partial charge on any atom is 0.344 e. The normalized spacial score (nSPS) is 10.2. The van der Waals surface area contributed by atoms with Gasteiger partial charge in [0, 0.05) is 0 Å². The van der Waals surface area contributed by atoms with E-state index in [1.54, 1.807) is 13.0 Å². The van der Waals surface area contributed by atoms with Gasteiger partial charge in [0.2, 0.25) is 0 Å². The van der Waals surface area contributed by atoms with Crippen molar-refractivity contribution in [2.24, 2.45) is 5.73 Å². The second-order valence-electron chi connectivity index (χ2n) is 3.94. The van der Waals surface area contributed by atoms with Gasteiger partial charge in [-0.2, -0.15) is 0 Å². The first-order valence-corrected chi connectivity index (χ1v) is 7.54. The monoisotopic (exact) mass is 313 g/mol. The molecule has 0 atom stereocenters. The Bertz CT molecular complexity index is 518. The Hall–Kier alpha value is -1.73. The number of ketones is 1. The summed E-state index contributed by atoms with van der Waals surface area (Å²) >= 11 is 1.32. The molecule has 7 heteroatoms. The average Bonchev–Trinajstić information content (AvgIpc) is 2.47. The minimum absolute atomic E-state index is 0.150. The lowest BCUT2D eigenvalue weighted by atomic mass is 10.1. The number of hydrogen-bond donors (Lipinski definition) is 2. The summed E-state index contributed by atoms with van der Waals surface area (Å²) in [6.07, 6.45) is 0. The summed E-state index contributed by atoms with van der Waals surface area (Å²) in [5, 5.41) is 10.2. The van der Waals surface area contributed by atoms with Crippen LogP contribution >= 0.6 is 11.8 Å². The fourth-order valence-electron chi connectivity index (χ4n) is 1.62. The van der Waals surface area contributed by atoms with Crippen molar-refractivity contribution >= 4 is 23.5 Å². The van der Waals surface area contributed by atoms with Gasteiger partial charge >= 0.3 is 5.97 Å². The number of phenols is 1. The number of thioether (sulfide) groups is 1. The molecule has 0 amide bonds. The predicted octanol–water partition coefficient (Wildman–Crippen LogP) is 1.59. The van der Waals surface area contributed by atoms with Crippen LogP contribution in [0.1, 0.15) is 24.2 Å². The number of carbonyl (C=O) groups is 2. The number of hydrogen-bond acceptors (Lipinski definition) is 7. The lowest BCUT2D eigenvalue weighted by Crippen LogP contribution is -2.16. The maximum atomic E-state index is 11.6. The molecule has 0 aliphatic carbocycles. The molecule has 1 aromatic carbocycles. The minimum atomic E-state index is -0.494. The van der Waals surface area contributed by atoms with Crippen LogP contribution in [-0.4, -0.2) is 42.4 Å². The molecule has 3 N–H and O–H groups in total. The third-order valence-electron chi connectivity index (χ3n) is 2.52. The van der Waals surface area contributed by atoms with E-state index >= 15 is 0 Å². The summed E-state index contributed by atoms with van der Waals surface area (Å²) in [6.45, 7) is 3.43. The molecule has 116 valence electrons. The van der Waals surface area contributed by atoms with Gasteiger partial charge < -0.3 is 20.3 Å². The molecular weight excluding hydrogens is 294 g/mol. The van der Waals surface area contributed by atoms with E-state index in [4.69, 9.17) is 15.2 Å². The second kappa shape index (κ2) is 8.53. The number of carbonyl (C=O) groups excluding carboxylic acids is 2. The van der Waals surface area contributed by atoms with E-state index in [0.29, 0.717) is 16.4 Å². The van der Waals surface area contributed by atoms with Crippen LogP contribution in [0.2, 0.25) is 0 Å². The molecule has 0 bridgehead atoms. The highest BCUT2D eigenvalue weighted by Gasteiger charge is 2.18. The van der Waals surface area contributed by atoms with Crippen LogP contribution in [0.3, 0.4) is 0 Å². The van der Waals surface area contributed by atoms with E-state index in [1.807, 2.05) is 6.92 Å². The summed E-state index contributed by atoms with van der Waals surface area (Å²) in [7, 11) is 0. The average molecular weight is 313 g/mol. The zero-order valence-corrected chi connectivity index (χ0v) is 12.9. The van der Waals surface area contributed by atoms with E-state index in [9.17, 15) is 14.7 Å². The molecule has 0 fully saturated rings. The number of phenolic OH excluding ortho intramolecular Hbond substituents is 1. The van der Waals surface area contributed by atoms with Crippen molar-refractivity contribution in [3.05, 3.63) is 17.7 Å². The van der Waals surface area contributed by atoms with Gasteiger partial charge in [-0.3, -0.25) is 4.79 Å². The molecule has 21 heavy (non-hydrogen) atoms. The topological polar surface area (TPSA) is 98.9 Å². The van der Waals surface area contributed by atoms with Gasteiger partial charge in [0.1, 0.15) is 11.5 Å². The highest BCUT2D eigenvalue weighted by molar-refractivity contribution is 7.99. The first kappa shape index (κ1) is 17.3. The van der Waals surface area contributed by atoms with E-state index < -0.39 is 5.97 Å². The van der Waals surface area contributed by atoms with Crippen molar-refractivity contribution in [2.75, 3.05) is 25.5 Å². The molecule has 0 radical (unpaired) electrons. The Morgan fingerprint density at radius 2 is 2.05 bits per heavy atom. The molecular formula is C14H19NO5S. The highest BCUT2D eigenvalue weighted by Crippen LogP contribution is 2.39. The van der Waals surface area contributed by atoms with Gasteiger partial charge in [-0.25, -0.2) is 4.79 Å². The molecule has 0 spiro atoms. The lowest BCUT2D eigenvalue weighted by molar-refractivity contribution is -0.145. The van der Waals surface area contributed by atoms with Gasteiger partial charge in [-0.15, -0.1) is 11.8 Å². The molecule has 0 saturated heterocycles. The lowest BCUT2D eigenvalue weighted by Gasteiger charge is -2.14. The molecule has 0 aromatic heterocycles. The van der Waals surface area contributed by atoms with Crippen molar-refractivity contribution in [2.45, 2.75) is 18.7 Å². The standard InChI is InChI=1S/C14H19NO5S/c1-3-19-12(17)8-20-11-6-5-9(10(16)7-15)13(18)14(11)21-4-2/h5-6,18H,3-4,7-8,15H2,1-2H3. The predicted molar refractivity (Wildman–Crippen MR) is 80.0 cm³/mol. The van der Waals surface area contributed by atoms with Crippen LogP contribution in [0, 0.1) is 0 Å². The van der Waals surface area contributed by atoms with Crippen LogP contribution in [0.15, 0.2) is 17.0 Å². The van der Waals surface area contributed by atoms with Gasteiger partial charge in [0.05, 0.1) is 23.6 Å². The van der Waals surface area contributed by atoms with Crippen molar-refractivity contribution < 1.29 is 24.2 Å². The summed E-state index contributed by atoms with van der Waals surface area (Å²) in [5.74, 6) is -0.0163. The zero-order valence-electron chi connectivity index (χ0n) is 12.0. The number of nitrogens with two attached hydrogens (primary N) is 1. The van der Waals surface area contributed by atoms with Gasteiger partial charge in [0.15, 0.2) is 12.4 Å². The summed E-state index contributed by atoms with van der Waals surface area (Å²) in [4.78, 5) is 23.4. The summed E-state index contributed by atoms with van der Waals surface area (Å²) in [6, 6.07) is 2.98. The van der Waals surface area contributed by atoms with Crippen molar-refractivity contribution in [3.8, 4) is 11.5 Å². The third kappa shape index (κ3) is 4.64. The Morgan fingerprint density at radius 3 is 2.62 bits per heavy atom. The Balaban J connectivity index is 3.01. The largest absolute Gasteiger partial charge is 0.506 e. The first-order chi connectivity index (χ1) is 10.0. The Morgan fingerprint density at radius 1 is 1.33 bits per heavy atom. The van der Waals surface area contributed by atoms with Crippen molar-refractivity contribution in [1.82, 2.24) is 0 Å². The fraction of sp³-hybridized carbons (Fsp3) is 0.429. The maximum absolute atomic E-state index is 11.6. The van der Waals surface area contributed by atoms with Gasteiger partial charge in [-0.05, 0) is 24.8 Å². The van der Waals surface area contributed by atoms with Crippen LogP contribution in [-0.2, 0) is 9.53 Å². The summed E-state index contributed by atoms with van der Waals surface area (Å²) < 4.78 is 10.1. The number of Topliss-reactive ketones (excluding diaryl/α,β-unsaturated/α-hetero) is 1. The third-order valence-corrected chi connectivity index (χ3v) is 3.49. The van der Waals surface area contributed by atoms with Crippen LogP contribution in [0.5, 0.6) is 11.5 Å². The van der Waals surface area contributed by atoms with Gasteiger partial charge in [-0.1, -0.05) is 6.92 Å². The second-order valence-corrected chi connectivity index (χ2v) is 5.22. The van der Waals surface area contributed by atoms with Crippen LogP contribution in [0.25, 0.3) is 0 Å². The van der Waals surface area contributed by atoms with Crippen molar-refractivity contribution in [1.29, 1.82) is 0 Å². The van der Waals surface area contributed by atoms with Gasteiger partial charge in [0.25, 0.3) is 0 Å². The Labute approximate surface area is 127 Å². The van der Waals surface area contributed by atoms with Crippen LogP contribution in [0.4, 0.5) is 0 Å². The van der Waals surface area contributed by atoms with E-state index in [2.05, 4.69) is 0 Å². The molecule has 6 nitrogen and oxygen atoms in total. The molecule has 0 saturated carbocycles. The van der Waals surface area contributed by atoms with E-state index in [-0.39, 0.29) is 36.9 Å². The number of benzene rings is 1. The SMILES string of the molecule is CCOC(=O)COc1ccc(C(=O)CN)c(O)c1SCC.